The molecule has 0 fully saturated rings. The van der Waals surface area contributed by atoms with Crippen LogP contribution in [-0.2, 0) is 0 Å². The molecule has 0 aromatic heterocycles. The molecular weight excluding hydrogens is 134 g/mol. The van der Waals surface area contributed by atoms with E-state index in [1.54, 1.807) is 0 Å². The standard InChI is InChI=1S/C10H21N/c1-3-4-7-10(2)8-5-6-9-11/h5-6,10H,3-4,7-9,11H2,1-2H3/b6-5+. The zero-order chi connectivity index (χ0) is 8.53. The fraction of sp³-hybridized carbons (Fsp3) is 0.800. The first kappa shape index (κ1) is 10.7. The summed E-state index contributed by atoms with van der Waals surface area (Å²) >= 11 is 0. The van der Waals surface area contributed by atoms with E-state index >= 15 is 0 Å². The Labute approximate surface area is 70.7 Å². The smallest absolute Gasteiger partial charge is 0.0106 e. The van der Waals surface area contributed by atoms with E-state index in [4.69, 9.17) is 5.73 Å². The predicted molar refractivity (Wildman–Crippen MR) is 51.5 cm³/mol. The molecular formula is C10H21N. The van der Waals surface area contributed by atoms with Gasteiger partial charge in [-0.25, -0.2) is 0 Å². The van der Waals surface area contributed by atoms with Gasteiger partial charge in [0.15, 0.2) is 0 Å². The summed E-state index contributed by atoms with van der Waals surface area (Å²) in [6.45, 7) is 5.22. The number of nitrogens with two attached hydrogens (primary N) is 1. The van der Waals surface area contributed by atoms with Crippen LogP contribution in [-0.4, -0.2) is 6.54 Å². The number of allylic oxidation sites excluding steroid dienone is 1. The topological polar surface area (TPSA) is 26.0 Å². The average Bonchev–Trinajstić information content (AvgIpc) is 2.01. The Bertz CT molecular complexity index is 97.0. The minimum atomic E-state index is 0.681. The second-order valence-corrected chi connectivity index (χ2v) is 3.19. The van der Waals surface area contributed by atoms with Crippen molar-refractivity contribution in [2.75, 3.05) is 6.54 Å². The highest BCUT2D eigenvalue weighted by Gasteiger charge is 1.96. The third kappa shape index (κ3) is 7.60. The molecule has 2 N–H and O–H groups in total. The van der Waals surface area contributed by atoms with E-state index in [2.05, 4.69) is 19.9 Å². The van der Waals surface area contributed by atoms with Gasteiger partial charge in [-0.2, -0.15) is 0 Å². The Kier molecular flexibility index (Phi) is 7.59. The number of hydrogen-bond donors (Lipinski definition) is 1. The first-order chi connectivity index (χ1) is 5.31. The molecule has 0 aromatic carbocycles. The Hall–Kier alpha value is -0.300. The molecule has 1 unspecified atom stereocenters. The van der Waals surface area contributed by atoms with Crippen molar-refractivity contribution >= 4 is 0 Å². The van der Waals surface area contributed by atoms with Crippen molar-refractivity contribution < 1.29 is 0 Å². The van der Waals surface area contributed by atoms with E-state index in [9.17, 15) is 0 Å². The van der Waals surface area contributed by atoms with Crippen molar-refractivity contribution in [1.82, 2.24) is 0 Å². The van der Waals surface area contributed by atoms with Crippen molar-refractivity contribution in [3.8, 4) is 0 Å². The average molecular weight is 155 g/mol. The summed E-state index contributed by atoms with van der Waals surface area (Å²) in [6.07, 6.45) is 9.45. The molecule has 0 saturated carbocycles. The number of unbranched alkanes of at least 4 members (excludes halogenated alkanes) is 1. The van der Waals surface area contributed by atoms with Gasteiger partial charge in [-0.1, -0.05) is 45.3 Å². The third-order valence-corrected chi connectivity index (χ3v) is 1.89. The lowest BCUT2D eigenvalue weighted by atomic mass is 10.0. The number of hydrogen-bond acceptors (Lipinski definition) is 1. The fourth-order valence-electron chi connectivity index (χ4n) is 1.10. The van der Waals surface area contributed by atoms with E-state index in [1.807, 2.05) is 6.08 Å². The van der Waals surface area contributed by atoms with E-state index < -0.39 is 0 Å². The minimum absolute atomic E-state index is 0.681. The Morgan fingerprint density at radius 1 is 1.36 bits per heavy atom. The fourth-order valence-corrected chi connectivity index (χ4v) is 1.10. The van der Waals surface area contributed by atoms with Crippen molar-refractivity contribution in [3.05, 3.63) is 12.2 Å². The lowest BCUT2D eigenvalue weighted by Crippen LogP contribution is -1.95. The highest BCUT2D eigenvalue weighted by Crippen LogP contribution is 2.11. The van der Waals surface area contributed by atoms with Gasteiger partial charge in [0.1, 0.15) is 0 Å². The predicted octanol–water partition coefficient (Wildman–Crippen LogP) is 2.72. The molecule has 0 saturated heterocycles. The zero-order valence-electron chi connectivity index (χ0n) is 7.84. The summed E-state index contributed by atoms with van der Waals surface area (Å²) < 4.78 is 0. The van der Waals surface area contributed by atoms with Crippen molar-refractivity contribution in [2.45, 2.75) is 39.5 Å². The van der Waals surface area contributed by atoms with Crippen LogP contribution in [0.2, 0.25) is 0 Å². The van der Waals surface area contributed by atoms with Crippen LogP contribution in [0, 0.1) is 5.92 Å². The van der Waals surface area contributed by atoms with Crippen LogP contribution in [0.15, 0.2) is 12.2 Å². The molecule has 0 bridgehead atoms. The summed E-state index contributed by atoms with van der Waals surface area (Å²) in [5.74, 6) is 0.831. The van der Waals surface area contributed by atoms with Crippen molar-refractivity contribution in [2.24, 2.45) is 11.7 Å². The van der Waals surface area contributed by atoms with Gasteiger partial charge in [-0.3, -0.25) is 0 Å². The van der Waals surface area contributed by atoms with Crippen LogP contribution in [0.5, 0.6) is 0 Å². The van der Waals surface area contributed by atoms with Crippen LogP contribution < -0.4 is 5.73 Å². The molecule has 0 aliphatic heterocycles. The summed E-state index contributed by atoms with van der Waals surface area (Å²) in [7, 11) is 0. The van der Waals surface area contributed by atoms with Crippen molar-refractivity contribution in [3.63, 3.8) is 0 Å². The summed E-state index contributed by atoms with van der Waals surface area (Å²) in [4.78, 5) is 0. The molecule has 0 rings (SSSR count). The van der Waals surface area contributed by atoms with Gasteiger partial charge < -0.3 is 5.73 Å². The van der Waals surface area contributed by atoms with Gasteiger partial charge >= 0.3 is 0 Å². The van der Waals surface area contributed by atoms with Gasteiger partial charge in [0.2, 0.25) is 0 Å². The molecule has 0 amide bonds. The van der Waals surface area contributed by atoms with E-state index in [-0.39, 0.29) is 0 Å². The molecule has 1 nitrogen and oxygen atoms in total. The summed E-state index contributed by atoms with van der Waals surface area (Å²) in [5, 5.41) is 0. The highest BCUT2D eigenvalue weighted by molar-refractivity contribution is 4.83. The lowest BCUT2D eigenvalue weighted by Gasteiger charge is -2.05. The Balaban J connectivity index is 3.21. The van der Waals surface area contributed by atoms with Gasteiger partial charge in [-0.05, 0) is 12.3 Å². The second kappa shape index (κ2) is 7.80. The quantitative estimate of drug-likeness (QED) is 0.586. The van der Waals surface area contributed by atoms with E-state index in [0.29, 0.717) is 6.54 Å². The molecule has 0 aromatic rings. The third-order valence-electron chi connectivity index (χ3n) is 1.89. The van der Waals surface area contributed by atoms with Crippen LogP contribution in [0.4, 0.5) is 0 Å². The van der Waals surface area contributed by atoms with E-state index in [0.717, 1.165) is 5.92 Å². The molecule has 1 atom stereocenters. The molecule has 0 spiro atoms. The van der Waals surface area contributed by atoms with Crippen LogP contribution in [0.1, 0.15) is 39.5 Å². The summed E-state index contributed by atoms with van der Waals surface area (Å²) in [6, 6.07) is 0. The second-order valence-electron chi connectivity index (χ2n) is 3.19. The lowest BCUT2D eigenvalue weighted by molar-refractivity contribution is 0.511. The minimum Gasteiger partial charge on any atom is -0.327 e. The largest absolute Gasteiger partial charge is 0.327 e. The molecule has 0 heterocycles. The first-order valence-electron chi connectivity index (χ1n) is 4.66. The Morgan fingerprint density at radius 2 is 2.09 bits per heavy atom. The SMILES string of the molecule is CCCCC(C)C/C=C/CN. The molecule has 0 aliphatic rings. The molecule has 11 heavy (non-hydrogen) atoms. The zero-order valence-corrected chi connectivity index (χ0v) is 7.84. The molecule has 1 heteroatoms. The normalized spacial score (nSPS) is 14.1. The molecule has 66 valence electrons. The van der Waals surface area contributed by atoms with Crippen LogP contribution in [0.25, 0.3) is 0 Å². The maximum atomic E-state index is 5.33. The van der Waals surface area contributed by atoms with E-state index in [1.165, 1.54) is 25.7 Å². The summed E-state index contributed by atoms with van der Waals surface area (Å²) in [5.41, 5.74) is 5.33. The maximum Gasteiger partial charge on any atom is 0.0106 e. The van der Waals surface area contributed by atoms with Gasteiger partial charge in [0.05, 0.1) is 0 Å². The van der Waals surface area contributed by atoms with Gasteiger partial charge in [-0.15, -0.1) is 0 Å². The maximum absolute atomic E-state index is 5.33. The van der Waals surface area contributed by atoms with Crippen molar-refractivity contribution in [1.29, 1.82) is 0 Å². The number of rotatable bonds is 6. The monoisotopic (exact) mass is 155 g/mol. The molecule has 0 aliphatic carbocycles. The van der Waals surface area contributed by atoms with Crippen LogP contribution in [0.3, 0.4) is 0 Å². The van der Waals surface area contributed by atoms with Crippen LogP contribution >= 0.6 is 0 Å². The molecule has 0 radical (unpaired) electrons. The first-order valence-corrected chi connectivity index (χ1v) is 4.66. The van der Waals surface area contributed by atoms with Gasteiger partial charge in [0, 0.05) is 6.54 Å². The highest BCUT2D eigenvalue weighted by atomic mass is 14.5. The Morgan fingerprint density at radius 3 is 2.64 bits per heavy atom. The van der Waals surface area contributed by atoms with Gasteiger partial charge in [0.25, 0.3) is 0 Å².